The molecule has 2 aromatic heterocycles. The molecule has 2 aromatic carbocycles. The van der Waals surface area contributed by atoms with Crippen molar-refractivity contribution in [1.29, 1.82) is 0 Å². The predicted molar refractivity (Wildman–Crippen MR) is 113 cm³/mol. The molecule has 0 atom stereocenters. The first-order valence-corrected chi connectivity index (χ1v) is 9.95. The summed E-state index contributed by atoms with van der Waals surface area (Å²) >= 11 is 1.45. The molecule has 1 amide bonds. The van der Waals surface area contributed by atoms with E-state index in [4.69, 9.17) is 0 Å². The van der Waals surface area contributed by atoms with Crippen molar-refractivity contribution < 1.29 is 9.18 Å². The minimum atomic E-state index is -0.342. The van der Waals surface area contributed by atoms with Crippen LogP contribution in [0.3, 0.4) is 0 Å². The standard InChI is InChI=1S/C22H18FN3O2S/c1-14-19(16-7-3-2-4-8-16)20-21(29-14)24-13-26(22(20)28)25-18(27)11-10-15-6-5-9-17(23)12-15/h2-9,12-13H,10-11H2,1H3,(H,25,27). The second-order valence-electron chi connectivity index (χ2n) is 6.66. The van der Waals surface area contributed by atoms with E-state index in [0.29, 0.717) is 16.6 Å². The monoisotopic (exact) mass is 407 g/mol. The summed E-state index contributed by atoms with van der Waals surface area (Å²) in [6.45, 7) is 1.95. The fraction of sp³-hybridized carbons (Fsp3) is 0.136. The maximum absolute atomic E-state index is 13.3. The molecule has 4 rings (SSSR count). The smallest absolute Gasteiger partial charge is 0.273 e. The van der Waals surface area contributed by atoms with Crippen molar-refractivity contribution in [1.82, 2.24) is 9.66 Å². The molecule has 0 aliphatic heterocycles. The number of nitrogens with zero attached hydrogens (tertiary/aromatic N) is 2. The average molecular weight is 407 g/mol. The quantitative estimate of drug-likeness (QED) is 0.537. The summed E-state index contributed by atoms with van der Waals surface area (Å²) in [6, 6.07) is 15.8. The first-order valence-electron chi connectivity index (χ1n) is 9.13. The number of aryl methyl sites for hydroxylation is 2. The summed E-state index contributed by atoms with van der Waals surface area (Å²) in [5.41, 5.74) is 4.76. The van der Waals surface area contributed by atoms with E-state index in [9.17, 15) is 14.0 Å². The fourth-order valence-electron chi connectivity index (χ4n) is 3.28. The Hall–Kier alpha value is -3.32. The number of benzene rings is 2. The molecule has 7 heteroatoms. The van der Waals surface area contributed by atoms with Gasteiger partial charge in [-0.3, -0.25) is 15.0 Å². The number of carbonyl (C=O) groups excluding carboxylic acids is 1. The maximum atomic E-state index is 13.3. The number of hydrogen-bond donors (Lipinski definition) is 1. The number of carbonyl (C=O) groups is 1. The predicted octanol–water partition coefficient (Wildman–Crippen LogP) is 4.28. The molecule has 4 aromatic rings. The molecule has 0 aliphatic rings. The zero-order chi connectivity index (χ0) is 20.4. The van der Waals surface area contributed by atoms with Crippen molar-refractivity contribution in [2.45, 2.75) is 19.8 Å². The van der Waals surface area contributed by atoms with Crippen LogP contribution in [-0.4, -0.2) is 15.6 Å². The van der Waals surface area contributed by atoms with E-state index in [1.54, 1.807) is 12.1 Å². The van der Waals surface area contributed by atoms with Gasteiger partial charge in [0.05, 0.1) is 5.39 Å². The Balaban J connectivity index is 1.61. The largest absolute Gasteiger partial charge is 0.281 e. The van der Waals surface area contributed by atoms with Gasteiger partial charge in [0.2, 0.25) is 5.91 Å². The second-order valence-corrected chi connectivity index (χ2v) is 7.87. The summed E-state index contributed by atoms with van der Waals surface area (Å²) in [5.74, 6) is -0.680. The second kappa shape index (κ2) is 7.97. The molecule has 1 N–H and O–H groups in total. The minimum Gasteiger partial charge on any atom is -0.273 e. The van der Waals surface area contributed by atoms with E-state index in [-0.39, 0.29) is 23.7 Å². The number of aromatic nitrogens is 2. The normalized spacial score (nSPS) is 11.0. The molecule has 29 heavy (non-hydrogen) atoms. The van der Waals surface area contributed by atoms with Crippen LogP contribution in [0, 0.1) is 12.7 Å². The highest BCUT2D eigenvalue weighted by molar-refractivity contribution is 7.19. The van der Waals surface area contributed by atoms with Gasteiger partial charge in [-0.1, -0.05) is 42.5 Å². The highest BCUT2D eigenvalue weighted by atomic mass is 32.1. The molecular formula is C22H18FN3O2S. The molecule has 0 unspecified atom stereocenters. The number of rotatable bonds is 5. The topological polar surface area (TPSA) is 64.0 Å². The third-order valence-corrected chi connectivity index (χ3v) is 5.64. The SMILES string of the molecule is Cc1sc2ncn(NC(=O)CCc3cccc(F)c3)c(=O)c2c1-c1ccccc1. The number of fused-ring (bicyclic) bond motifs is 1. The lowest BCUT2D eigenvalue weighted by atomic mass is 10.0. The minimum absolute atomic E-state index is 0.127. The number of thiophene rings is 1. The van der Waals surface area contributed by atoms with Gasteiger partial charge >= 0.3 is 0 Å². The number of nitrogens with one attached hydrogen (secondary N) is 1. The summed E-state index contributed by atoms with van der Waals surface area (Å²) < 4.78 is 14.4. The molecule has 0 aliphatic carbocycles. The molecule has 0 radical (unpaired) electrons. The van der Waals surface area contributed by atoms with Crippen molar-refractivity contribution >= 4 is 27.5 Å². The first-order chi connectivity index (χ1) is 14.0. The molecule has 146 valence electrons. The number of amides is 1. The molecule has 0 saturated heterocycles. The summed E-state index contributed by atoms with van der Waals surface area (Å²) in [4.78, 5) is 31.4. The number of hydrogen-bond acceptors (Lipinski definition) is 4. The fourth-order valence-corrected chi connectivity index (χ4v) is 4.28. The summed E-state index contributed by atoms with van der Waals surface area (Å²) in [5, 5.41) is 0.492. The van der Waals surface area contributed by atoms with Crippen LogP contribution in [0.2, 0.25) is 0 Å². The maximum Gasteiger partial charge on any atom is 0.281 e. The van der Waals surface area contributed by atoms with Gasteiger partial charge in [0.1, 0.15) is 17.0 Å². The van der Waals surface area contributed by atoms with E-state index in [0.717, 1.165) is 26.2 Å². The van der Waals surface area contributed by atoms with E-state index in [1.807, 2.05) is 37.3 Å². The van der Waals surface area contributed by atoms with Gasteiger partial charge in [0.15, 0.2) is 0 Å². The third-order valence-electron chi connectivity index (χ3n) is 4.63. The Morgan fingerprint density at radius 2 is 1.97 bits per heavy atom. The molecule has 0 saturated carbocycles. The van der Waals surface area contributed by atoms with Crippen LogP contribution < -0.4 is 11.0 Å². The Kier molecular flexibility index (Phi) is 5.22. The van der Waals surface area contributed by atoms with Gasteiger partial charge in [-0.15, -0.1) is 11.3 Å². The van der Waals surface area contributed by atoms with E-state index in [1.165, 1.54) is 29.8 Å². The van der Waals surface area contributed by atoms with Crippen molar-refractivity contribution in [2.75, 3.05) is 5.43 Å². The number of halogens is 1. The highest BCUT2D eigenvalue weighted by Gasteiger charge is 2.17. The Labute approximate surface area is 170 Å². The Bertz CT molecular complexity index is 1250. The molecular weight excluding hydrogens is 389 g/mol. The lowest BCUT2D eigenvalue weighted by Gasteiger charge is -2.08. The average Bonchev–Trinajstić information content (AvgIpc) is 3.06. The van der Waals surface area contributed by atoms with Gasteiger partial charge in [-0.2, -0.15) is 0 Å². The first kappa shape index (κ1) is 19.0. The van der Waals surface area contributed by atoms with Crippen LogP contribution in [0.5, 0.6) is 0 Å². The third kappa shape index (κ3) is 3.95. The van der Waals surface area contributed by atoms with Crippen molar-refractivity contribution in [2.24, 2.45) is 0 Å². The van der Waals surface area contributed by atoms with Gasteiger partial charge in [0.25, 0.3) is 5.56 Å². The van der Waals surface area contributed by atoms with E-state index in [2.05, 4.69) is 10.4 Å². The van der Waals surface area contributed by atoms with Crippen LogP contribution in [0.4, 0.5) is 4.39 Å². The van der Waals surface area contributed by atoms with Crippen molar-refractivity contribution in [3.63, 3.8) is 0 Å². The summed E-state index contributed by atoms with van der Waals surface area (Å²) in [6.07, 6.45) is 1.83. The van der Waals surface area contributed by atoms with E-state index < -0.39 is 0 Å². The molecule has 5 nitrogen and oxygen atoms in total. The molecule has 0 fully saturated rings. The van der Waals surface area contributed by atoms with Crippen molar-refractivity contribution in [3.8, 4) is 11.1 Å². The summed E-state index contributed by atoms with van der Waals surface area (Å²) in [7, 11) is 0. The van der Waals surface area contributed by atoms with Crippen LogP contribution in [0.1, 0.15) is 16.9 Å². The zero-order valence-corrected chi connectivity index (χ0v) is 16.5. The van der Waals surface area contributed by atoms with Gasteiger partial charge in [0, 0.05) is 16.9 Å². The van der Waals surface area contributed by atoms with Crippen LogP contribution in [0.15, 0.2) is 65.7 Å². The van der Waals surface area contributed by atoms with Crippen LogP contribution in [0.25, 0.3) is 21.3 Å². The van der Waals surface area contributed by atoms with Crippen LogP contribution in [-0.2, 0) is 11.2 Å². The molecule has 0 spiro atoms. The highest BCUT2D eigenvalue weighted by Crippen LogP contribution is 2.35. The van der Waals surface area contributed by atoms with E-state index >= 15 is 0 Å². The lowest BCUT2D eigenvalue weighted by molar-refractivity contribution is -0.117. The van der Waals surface area contributed by atoms with Gasteiger partial charge < -0.3 is 0 Å². The lowest BCUT2D eigenvalue weighted by Crippen LogP contribution is -2.33. The Morgan fingerprint density at radius 3 is 2.72 bits per heavy atom. The molecule has 0 bridgehead atoms. The molecule has 2 heterocycles. The van der Waals surface area contributed by atoms with Crippen LogP contribution >= 0.6 is 11.3 Å². The van der Waals surface area contributed by atoms with Crippen molar-refractivity contribution in [3.05, 3.63) is 87.5 Å². The zero-order valence-electron chi connectivity index (χ0n) is 15.7. The Morgan fingerprint density at radius 1 is 1.17 bits per heavy atom. The van der Waals surface area contributed by atoms with Gasteiger partial charge in [-0.25, -0.2) is 14.1 Å². The van der Waals surface area contributed by atoms with Gasteiger partial charge in [-0.05, 0) is 36.6 Å².